The third-order valence-electron chi connectivity index (χ3n) is 5.01. The number of carboxylic acid groups (broad SMARTS) is 1. The first-order valence-corrected chi connectivity index (χ1v) is 7.52. The fourth-order valence-electron chi connectivity index (χ4n) is 3.91. The zero-order valence-corrected chi connectivity index (χ0v) is 12.5. The van der Waals surface area contributed by atoms with Crippen molar-refractivity contribution < 1.29 is 9.90 Å². The average molecular weight is 277 g/mol. The van der Waals surface area contributed by atoms with E-state index in [1.165, 1.54) is 11.3 Å². The number of fused-ring (bicyclic) bond motifs is 1. The molecule has 2 saturated heterocycles. The van der Waals surface area contributed by atoms with Gasteiger partial charge in [0.15, 0.2) is 0 Å². The molecule has 20 heavy (non-hydrogen) atoms. The summed E-state index contributed by atoms with van der Waals surface area (Å²) in [5.41, 5.74) is 2.62. The molecule has 5 nitrogen and oxygen atoms in total. The van der Waals surface area contributed by atoms with E-state index in [2.05, 4.69) is 35.6 Å². The molecular weight excluding hydrogens is 254 g/mol. The molecule has 0 bridgehead atoms. The Balaban J connectivity index is 1.92. The van der Waals surface area contributed by atoms with Gasteiger partial charge in [0.2, 0.25) is 0 Å². The Kier molecular flexibility index (Phi) is 3.32. The summed E-state index contributed by atoms with van der Waals surface area (Å²) in [6.45, 7) is 8.19. The summed E-state index contributed by atoms with van der Waals surface area (Å²) in [5.74, 6) is 0.403. The van der Waals surface area contributed by atoms with Gasteiger partial charge in [-0.15, -0.1) is 0 Å². The third kappa shape index (κ3) is 1.95. The number of hydrogen-bond donors (Lipinski definition) is 1. The lowest BCUT2D eigenvalue weighted by Crippen LogP contribution is -2.45. The Morgan fingerprint density at radius 2 is 2.05 bits per heavy atom. The standard InChI is InChI=1S/C15H23N3O2/c1-9-10(2)16-11(3)17-8-6-12(14(9)17)18-7-4-5-13(18)15(19)20/h10,12-13H,4-8H2,1-3H3,(H,19,20)/t10-,12?,13-/m0/s1. The molecule has 3 aliphatic heterocycles. The van der Waals surface area contributed by atoms with Crippen molar-refractivity contribution in [1.82, 2.24) is 9.80 Å². The van der Waals surface area contributed by atoms with Crippen LogP contribution in [-0.4, -0.2) is 57.9 Å². The lowest BCUT2D eigenvalue weighted by atomic mass is 10.0. The van der Waals surface area contributed by atoms with E-state index in [1.807, 2.05) is 0 Å². The number of carboxylic acids is 1. The van der Waals surface area contributed by atoms with Crippen LogP contribution in [0.5, 0.6) is 0 Å². The molecule has 0 amide bonds. The summed E-state index contributed by atoms with van der Waals surface area (Å²) in [6, 6.07) is 0.161. The van der Waals surface area contributed by atoms with E-state index >= 15 is 0 Å². The Morgan fingerprint density at radius 3 is 2.75 bits per heavy atom. The van der Waals surface area contributed by atoms with Gasteiger partial charge in [0, 0.05) is 12.2 Å². The van der Waals surface area contributed by atoms with E-state index in [-0.39, 0.29) is 18.1 Å². The summed E-state index contributed by atoms with van der Waals surface area (Å²) >= 11 is 0. The first-order valence-electron chi connectivity index (χ1n) is 7.52. The Labute approximate surface area is 120 Å². The van der Waals surface area contributed by atoms with Gasteiger partial charge in [-0.05, 0) is 52.2 Å². The van der Waals surface area contributed by atoms with E-state index in [4.69, 9.17) is 0 Å². The number of likely N-dealkylation sites (tertiary alicyclic amines) is 1. The molecule has 3 atom stereocenters. The predicted octanol–water partition coefficient (Wildman–Crippen LogP) is 1.70. The van der Waals surface area contributed by atoms with E-state index in [1.54, 1.807) is 0 Å². The molecule has 0 radical (unpaired) electrons. The highest BCUT2D eigenvalue weighted by molar-refractivity contribution is 5.84. The lowest BCUT2D eigenvalue weighted by Gasteiger charge is -2.35. The molecule has 3 aliphatic rings. The maximum Gasteiger partial charge on any atom is 0.320 e. The van der Waals surface area contributed by atoms with Gasteiger partial charge in [-0.25, -0.2) is 0 Å². The second-order valence-electron chi connectivity index (χ2n) is 6.11. The quantitative estimate of drug-likeness (QED) is 0.835. The van der Waals surface area contributed by atoms with Crippen LogP contribution in [0.3, 0.4) is 0 Å². The predicted molar refractivity (Wildman–Crippen MR) is 77.7 cm³/mol. The normalized spacial score (nSPS) is 34.5. The second-order valence-corrected chi connectivity index (χ2v) is 6.11. The van der Waals surface area contributed by atoms with E-state index in [0.29, 0.717) is 0 Å². The Bertz CT molecular complexity index is 497. The van der Waals surface area contributed by atoms with Crippen LogP contribution in [0.1, 0.15) is 40.0 Å². The van der Waals surface area contributed by atoms with Gasteiger partial charge >= 0.3 is 5.97 Å². The van der Waals surface area contributed by atoms with Crippen molar-refractivity contribution in [2.75, 3.05) is 13.1 Å². The number of rotatable bonds is 2. The van der Waals surface area contributed by atoms with Crippen molar-refractivity contribution in [3.63, 3.8) is 0 Å². The monoisotopic (exact) mass is 277 g/mol. The van der Waals surface area contributed by atoms with Crippen LogP contribution < -0.4 is 0 Å². The van der Waals surface area contributed by atoms with Crippen molar-refractivity contribution in [2.45, 2.75) is 58.2 Å². The molecule has 110 valence electrons. The zero-order valence-electron chi connectivity index (χ0n) is 12.5. The van der Waals surface area contributed by atoms with Crippen molar-refractivity contribution in [3.8, 4) is 0 Å². The summed E-state index contributed by atoms with van der Waals surface area (Å²) in [4.78, 5) is 20.6. The maximum atomic E-state index is 11.4. The Morgan fingerprint density at radius 1 is 1.30 bits per heavy atom. The fourth-order valence-corrected chi connectivity index (χ4v) is 3.91. The van der Waals surface area contributed by atoms with Crippen molar-refractivity contribution in [3.05, 3.63) is 11.3 Å². The summed E-state index contributed by atoms with van der Waals surface area (Å²) in [6.07, 6.45) is 2.78. The van der Waals surface area contributed by atoms with E-state index in [0.717, 1.165) is 38.2 Å². The third-order valence-corrected chi connectivity index (χ3v) is 5.01. The molecule has 3 rings (SSSR count). The number of aliphatic imine (C=N–C) groups is 1. The highest BCUT2D eigenvalue weighted by Crippen LogP contribution is 2.37. The maximum absolute atomic E-state index is 11.4. The number of aliphatic carboxylic acids is 1. The fraction of sp³-hybridized carbons (Fsp3) is 0.733. The summed E-state index contributed by atoms with van der Waals surface area (Å²) < 4.78 is 0. The topological polar surface area (TPSA) is 56.1 Å². The van der Waals surface area contributed by atoms with Crippen molar-refractivity contribution in [1.29, 1.82) is 0 Å². The highest BCUT2D eigenvalue weighted by Gasteiger charge is 2.43. The minimum absolute atomic E-state index is 0.215. The first-order chi connectivity index (χ1) is 9.50. The van der Waals surface area contributed by atoms with Gasteiger partial charge in [0.1, 0.15) is 11.9 Å². The van der Waals surface area contributed by atoms with Crippen LogP contribution in [0.2, 0.25) is 0 Å². The molecule has 0 saturated carbocycles. The molecule has 0 aromatic heterocycles. The molecule has 1 unspecified atom stereocenters. The van der Waals surface area contributed by atoms with Crippen LogP contribution in [0.4, 0.5) is 0 Å². The summed E-state index contributed by atoms with van der Waals surface area (Å²) in [5, 5.41) is 9.41. The number of nitrogens with zero attached hydrogens (tertiary/aromatic N) is 3. The first kappa shape index (κ1) is 13.6. The lowest BCUT2D eigenvalue weighted by molar-refractivity contribution is -0.142. The molecule has 0 spiro atoms. The van der Waals surface area contributed by atoms with Gasteiger partial charge in [-0.2, -0.15) is 0 Å². The van der Waals surface area contributed by atoms with Crippen LogP contribution >= 0.6 is 0 Å². The second kappa shape index (κ2) is 4.88. The van der Waals surface area contributed by atoms with Gasteiger partial charge in [-0.1, -0.05) is 0 Å². The Hall–Kier alpha value is -1.36. The molecule has 3 heterocycles. The largest absolute Gasteiger partial charge is 0.480 e. The highest BCUT2D eigenvalue weighted by atomic mass is 16.4. The van der Waals surface area contributed by atoms with E-state index < -0.39 is 5.97 Å². The van der Waals surface area contributed by atoms with Gasteiger partial charge in [-0.3, -0.25) is 14.7 Å². The van der Waals surface area contributed by atoms with Crippen LogP contribution in [0, 0.1) is 0 Å². The summed E-state index contributed by atoms with van der Waals surface area (Å²) in [7, 11) is 0. The molecule has 0 aromatic rings. The van der Waals surface area contributed by atoms with Crippen molar-refractivity contribution >= 4 is 11.8 Å². The zero-order chi connectivity index (χ0) is 14.4. The van der Waals surface area contributed by atoms with Crippen LogP contribution in [0.15, 0.2) is 16.3 Å². The number of amidine groups is 1. The minimum Gasteiger partial charge on any atom is -0.480 e. The smallest absolute Gasteiger partial charge is 0.320 e. The van der Waals surface area contributed by atoms with Crippen LogP contribution in [-0.2, 0) is 4.79 Å². The molecular formula is C15H23N3O2. The van der Waals surface area contributed by atoms with Crippen molar-refractivity contribution in [2.24, 2.45) is 4.99 Å². The number of carbonyl (C=O) groups is 1. The molecule has 0 aliphatic carbocycles. The average Bonchev–Trinajstić information content (AvgIpc) is 3.01. The van der Waals surface area contributed by atoms with Gasteiger partial charge in [0.05, 0.1) is 12.1 Å². The SMILES string of the molecule is CC1=N[C@@H](C)C(C)=C2C(N3CCC[C@H]3C(=O)O)CCN12. The van der Waals surface area contributed by atoms with Crippen LogP contribution in [0.25, 0.3) is 0 Å². The van der Waals surface area contributed by atoms with Gasteiger partial charge in [0.25, 0.3) is 0 Å². The molecule has 0 aromatic carbocycles. The molecule has 5 heteroatoms. The van der Waals surface area contributed by atoms with Gasteiger partial charge < -0.3 is 10.0 Å². The minimum atomic E-state index is -0.673. The molecule has 1 N–H and O–H groups in total. The molecule has 2 fully saturated rings. The van der Waals surface area contributed by atoms with E-state index in [9.17, 15) is 9.90 Å². The number of hydrogen-bond acceptors (Lipinski definition) is 4.